The van der Waals surface area contributed by atoms with Crippen molar-refractivity contribution in [2.24, 2.45) is 0 Å². The second-order valence-electron chi connectivity index (χ2n) is 6.12. The summed E-state index contributed by atoms with van der Waals surface area (Å²) in [5.41, 5.74) is 5.96. The van der Waals surface area contributed by atoms with Crippen molar-refractivity contribution >= 4 is 11.6 Å². The van der Waals surface area contributed by atoms with Gasteiger partial charge >= 0.3 is 0 Å². The summed E-state index contributed by atoms with van der Waals surface area (Å²) in [6.45, 7) is 5.87. The number of nitrogen functional groups attached to an aromatic ring is 1. The normalized spacial score (nSPS) is 26.6. The fourth-order valence-corrected chi connectivity index (χ4v) is 3.26. The van der Waals surface area contributed by atoms with E-state index in [0.29, 0.717) is 23.9 Å². The maximum absolute atomic E-state index is 5.96. The van der Waals surface area contributed by atoms with E-state index in [0.717, 1.165) is 24.8 Å². The van der Waals surface area contributed by atoms with Crippen molar-refractivity contribution in [3.63, 3.8) is 0 Å². The van der Waals surface area contributed by atoms with E-state index in [4.69, 9.17) is 15.5 Å². The lowest BCUT2D eigenvalue weighted by atomic mass is 9.90. The maximum atomic E-state index is 5.96. The Balaban J connectivity index is 1.90. The third kappa shape index (κ3) is 2.59. The summed E-state index contributed by atoms with van der Waals surface area (Å²) < 4.78 is 5.93. The zero-order valence-corrected chi connectivity index (χ0v) is 12.4. The largest absolute Gasteiger partial charge is 0.384 e. The van der Waals surface area contributed by atoms with E-state index in [1.165, 1.54) is 25.7 Å². The van der Waals surface area contributed by atoms with Gasteiger partial charge in [0.15, 0.2) is 0 Å². The van der Waals surface area contributed by atoms with E-state index in [-0.39, 0.29) is 0 Å². The number of anilines is 2. The average Bonchev–Trinajstić information content (AvgIpc) is 2.46. The lowest BCUT2D eigenvalue weighted by molar-refractivity contribution is -0.00900. The second kappa shape index (κ2) is 5.56. The first-order valence-electron chi connectivity index (χ1n) is 7.68. The van der Waals surface area contributed by atoms with E-state index in [1.54, 1.807) is 0 Å². The predicted molar refractivity (Wildman–Crippen MR) is 79.9 cm³/mol. The molecular weight excluding hydrogens is 252 g/mol. The number of fused-ring (bicyclic) bond motifs is 1. The summed E-state index contributed by atoms with van der Waals surface area (Å²) in [6, 6.07) is 2.36. The smallest absolute Gasteiger partial charge is 0.135 e. The van der Waals surface area contributed by atoms with Gasteiger partial charge in [-0.15, -0.1) is 0 Å². The third-order valence-electron chi connectivity index (χ3n) is 4.29. The Kier molecular flexibility index (Phi) is 3.78. The van der Waals surface area contributed by atoms with Gasteiger partial charge in [-0.3, -0.25) is 0 Å². The number of hydrogen-bond donors (Lipinski definition) is 1. The molecule has 1 saturated carbocycles. The molecule has 1 saturated heterocycles. The van der Waals surface area contributed by atoms with E-state index >= 15 is 0 Å². The summed E-state index contributed by atoms with van der Waals surface area (Å²) in [5.74, 6) is 2.67. The van der Waals surface area contributed by atoms with Crippen molar-refractivity contribution in [1.29, 1.82) is 0 Å². The van der Waals surface area contributed by atoms with Gasteiger partial charge in [0.2, 0.25) is 0 Å². The number of ether oxygens (including phenoxy) is 1. The minimum absolute atomic E-state index is 0.292. The summed E-state index contributed by atoms with van der Waals surface area (Å²) in [4.78, 5) is 11.5. The van der Waals surface area contributed by atoms with Gasteiger partial charge in [-0.1, -0.05) is 26.7 Å². The van der Waals surface area contributed by atoms with Crippen LogP contribution in [0.25, 0.3) is 0 Å². The lowest BCUT2D eigenvalue weighted by Gasteiger charge is -2.44. The number of morpholine rings is 1. The van der Waals surface area contributed by atoms with E-state index < -0.39 is 0 Å². The fraction of sp³-hybridized carbons (Fsp3) is 0.733. The molecular formula is C15H24N4O. The molecule has 2 aliphatic rings. The van der Waals surface area contributed by atoms with Crippen LogP contribution < -0.4 is 10.6 Å². The van der Waals surface area contributed by atoms with Gasteiger partial charge in [-0.05, 0) is 12.8 Å². The molecule has 0 aromatic carbocycles. The standard InChI is InChI=1S/C15H24N4O/c1-10(2)15-17-13(16)9-14(18-15)19-7-8-20-12-6-4-3-5-11(12)19/h9-12H,3-8H2,1-2H3,(H2,16,17,18). The van der Waals surface area contributed by atoms with E-state index in [2.05, 4.69) is 23.7 Å². The number of rotatable bonds is 2. The molecule has 5 nitrogen and oxygen atoms in total. The quantitative estimate of drug-likeness (QED) is 0.898. The summed E-state index contributed by atoms with van der Waals surface area (Å²) >= 11 is 0. The molecule has 0 bridgehead atoms. The minimum atomic E-state index is 0.292. The van der Waals surface area contributed by atoms with Crippen LogP contribution in [0.3, 0.4) is 0 Å². The van der Waals surface area contributed by atoms with Gasteiger partial charge in [-0.2, -0.15) is 0 Å². The lowest BCUT2D eigenvalue weighted by Crippen LogP contribution is -2.53. The van der Waals surface area contributed by atoms with Crippen LogP contribution >= 0.6 is 0 Å². The molecule has 2 N–H and O–H groups in total. The highest BCUT2D eigenvalue weighted by Crippen LogP contribution is 2.32. The second-order valence-corrected chi connectivity index (χ2v) is 6.12. The van der Waals surface area contributed by atoms with Crippen LogP contribution in [-0.4, -0.2) is 35.3 Å². The Morgan fingerprint density at radius 3 is 2.90 bits per heavy atom. The summed E-state index contributed by atoms with van der Waals surface area (Å²) in [6.07, 6.45) is 5.26. The van der Waals surface area contributed by atoms with Gasteiger partial charge in [0.05, 0.1) is 18.8 Å². The van der Waals surface area contributed by atoms with Crippen molar-refractivity contribution in [1.82, 2.24) is 9.97 Å². The molecule has 2 heterocycles. The van der Waals surface area contributed by atoms with E-state index in [1.807, 2.05) is 6.07 Å². The van der Waals surface area contributed by atoms with Crippen molar-refractivity contribution in [2.45, 2.75) is 57.6 Å². The molecule has 1 aliphatic carbocycles. The molecule has 1 aromatic rings. The Morgan fingerprint density at radius 1 is 1.30 bits per heavy atom. The van der Waals surface area contributed by atoms with E-state index in [9.17, 15) is 0 Å². The molecule has 1 aliphatic heterocycles. The fourth-order valence-electron chi connectivity index (χ4n) is 3.26. The van der Waals surface area contributed by atoms with Crippen LogP contribution in [0.5, 0.6) is 0 Å². The van der Waals surface area contributed by atoms with Gasteiger partial charge in [0, 0.05) is 18.5 Å². The molecule has 0 radical (unpaired) electrons. The number of aromatic nitrogens is 2. The zero-order chi connectivity index (χ0) is 14.1. The van der Waals surface area contributed by atoms with Gasteiger partial charge in [0.1, 0.15) is 17.5 Å². The van der Waals surface area contributed by atoms with Gasteiger partial charge in [-0.25, -0.2) is 9.97 Å². The van der Waals surface area contributed by atoms with Crippen LogP contribution in [0.1, 0.15) is 51.3 Å². The number of nitrogens with zero attached hydrogens (tertiary/aromatic N) is 3. The molecule has 2 unspecified atom stereocenters. The monoisotopic (exact) mass is 276 g/mol. The van der Waals surface area contributed by atoms with Gasteiger partial charge < -0.3 is 15.4 Å². The molecule has 5 heteroatoms. The summed E-state index contributed by atoms with van der Waals surface area (Å²) in [7, 11) is 0. The summed E-state index contributed by atoms with van der Waals surface area (Å²) in [5, 5.41) is 0. The molecule has 1 aromatic heterocycles. The highest BCUT2D eigenvalue weighted by molar-refractivity contribution is 5.48. The Hall–Kier alpha value is -1.36. The topological polar surface area (TPSA) is 64.3 Å². The highest BCUT2D eigenvalue weighted by atomic mass is 16.5. The molecule has 0 amide bonds. The first-order chi connectivity index (χ1) is 9.65. The molecule has 2 atom stereocenters. The molecule has 3 rings (SSSR count). The zero-order valence-electron chi connectivity index (χ0n) is 12.4. The number of hydrogen-bond acceptors (Lipinski definition) is 5. The molecule has 2 fully saturated rings. The van der Waals surface area contributed by atoms with Crippen LogP contribution in [-0.2, 0) is 4.74 Å². The predicted octanol–water partition coefficient (Wildman–Crippen LogP) is 2.33. The first kappa shape index (κ1) is 13.6. The van der Waals surface area contributed by atoms with Crippen molar-refractivity contribution < 1.29 is 4.74 Å². The van der Waals surface area contributed by atoms with Crippen molar-refractivity contribution in [3.8, 4) is 0 Å². The maximum Gasteiger partial charge on any atom is 0.135 e. The Bertz CT molecular complexity index is 475. The molecule has 110 valence electrons. The van der Waals surface area contributed by atoms with Crippen LogP contribution in [0.2, 0.25) is 0 Å². The Labute approximate surface area is 120 Å². The van der Waals surface area contributed by atoms with Crippen molar-refractivity contribution in [2.75, 3.05) is 23.8 Å². The molecule has 0 spiro atoms. The molecule has 20 heavy (non-hydrogen) atoms. The highest BCUT2D eigenvalue weighted by Gasteiger charge is 2.35. The van der Waals surface area contributed by atoms with Gasteiger partial charge in [0.25, 0.3) is 0 Å². The van der Waals surface area contributed by atoms with Crippen LogP contribution in [0.15, 0.2) is 6.07 Å². The first-order valence-corrected chi connectivity index (χ1v) is 7.68. The Morgan fingerprint density at radius 2 is 2.10 bits per heavy atom. The minimum Gasteiger partial charge on any atom is -0.384 e. The number of nitrogens with two attached hydrogens (primary N) is 1. The van der Waals surface area contributed by atoms with Crippen LogP contribution in [0.4, 0.5) is 11.6 Å². The van der Waals surface area contributed by atoms with Crippen LogP contribution in [0, 0.1) is 0 Å². The SMILES string of the molecule is CC(C)c1nc(N)cc(N2CCOC3CCCCC32)n1. The van der Waals surface area contributed by atoms with Crippen molar-refractivity contribution in [3.05, 3.63) is 11.9 Å². The third-order valence-corrected chi connectivity index (χ3v) is 4.29. The average molecular weight is 276 g/mol.